The van der Waals surface area contributed by atoms with Crippen molar-refractivity contribution in [2.75, 3.05) is 18.5 Å². The summed E-state index contributed by atoms with van der Waals surface area (Å²) in [7, 11) is 0. The van der Waals surface area contributed by atoms with Crippen molar-refractivity contribution < 1.29 is 9.13 Å². The van der Waals surface area contributed by atoms with Crippen LogP contribution in [0.3, 0.4) is 0 Å². The second-order valence-electron chi connectivity index (χ2n) is 3.33. The summed E-state index contributed by atoms with van der Waals surface area (Å²) in [4.78, 5) is 0. The van der Waals surface area contributed by atoms with E-state index < -0.39 is 0 Å². The monoisotopic (exact) mass is 275 g/mol. The summed E-state index contributed by atoms with van der Waals surface area (Å²) in [5, 5.41) is 3.16. The third-order valence-corrected chi connectivity index (χ3v) is 2.55. The SMILES string of the molecule is CCOCC(C)Nc1ccc(Br)c(F)c1. The van der Waals surface area contributed by atoms with E-state index in [4.69, 9.17) is 4.74 Å². The molecule has 1 atom stereocenters. The molecular weight excluding hydrogens is 261 g/mol. The number of hydrogen-bond acceptors (Lipinski definition) is 2. The van der Waals surface area contributed by atoms with E-state index in [1.807, 2.05) is 19.9 Å². The van der Waals surface area contributed by atoms with E-state index in [1.54, 1.807) is 6.07 Å². The smallest absolute Gasteiger partial charge is 0.139 e. The lowest BCUT2D eigenvalue weighted by Crippen LogP contribution is -2.21. The molecule has 0 amide bonds. The summed E-state index contributed by atoms with van der Waals surface area (Å²) in [6.45, 7) is 5.26. The van der Waals surface area contributed by atoms with Gasteiger partial charge in [0.05, 0.1) is 11.1 Å². The first kappa shape index (κ1) is 12.5. The molecule has 0 aliphatic heterocycles. The maximum atomic E-state index is 13.2. The fourth-order valence-corrected chi connectivity index (χ4v) is 1.45. The van der Waals surface area contributed by atoms with Crippen LogP contribution in [0.15, 0.2) is 22.7 Å². The highest BCUT2D eigenvalue weighted by Gasteiger charge is 2.04. The summed E-state index contributed by atoms with van der Waals surface area (Å²) in [6, 6.07) is 5.15. The van der Waals surface area contributed by atoms with Crippen LogP contribution in [0.25, 0.3) is 0 Å². The molecule has 0 aliphatic carbocycles. The van der Waals surface area contributed by atoms with Crippen molar-refractivity contribution in [3.8, 4) is 0 Å². The zero-order valence-electron chi connectivity index (χ0n) is 8.89. The van der Waals surface area contributed by atoms with Gasteiger partial charge in [0.1, 0.15) is 5.82 Å². The Bertz CT molecular complexity index is 319. The minimum Gasteiger partial charge on any atom is -0.380 e. The van der Waals surface area contributed by atoms with Crippen LogP contribution >= 0.6 is 15.9 Å². The van der Waals surface area contributed by atoms with Gasteiger partial charge in [0.15, 0.2) is 0 Å². The van der Waals surface area contributed by atoms with Gasteiger partial charge in [-0.2, -0.15) is 0 Å². The molecule has 15 heavy (non-hydrogen) atoms. The van der Waals surface area contributed by atoms with E-state index in [1.165, 1.54) is 6.07 Å². The van der Waals surface area contributed by atoms with Crippen molar-refractivity contribution in [1.82, 2.24) is 0 Å². The minimum absolute atomic E-state index is 0.172. The van der Waals surface area contributed by atoms with Gasteiger partial charge in [-0.15, -0.1) is 0 Å². The van der Waals surface area contributed by atoms with Gasteiger partial charge in [0.25, 0.3) is 0 Å². The number of ether oxygens (including phenoxy) is 1. The molecule has 1 rings (SSSR count). The molecule has 84 valence electrons. The lowest BCUT2D eigenvalue weighted by Gasteiger charge is -2.15. The fourth-order valence-electron chi connectivity index (χ4n) is 1.21. The van der Waals surface area contributed by atoms with Gasteiger partial charge in [-0.25, -0.2) is 4.39 Å². The van der Waals surface area contributed by atoms with Gasteiger partial charge in [0, 0.05) is 18.3 Å². The van der Waals surface area contributed by atoms with Crippen molar-refractivity contribution in [2.24, 2.45) is 0 Å². The van der Waals surface area contributed by atoms with E-state index in [9.17, 15) is 4.39 Å². The van der Waals surface area contributed by atoms with Crippen LogP contribution in [0.1, 0.15) is 13.8 Å². The van der Waals surface area contributed by atoms with Gasteiger partial charge in [0.2, 0.25) is 0 Å². The van der Waals surface area contributed by atoms with Crippen LogP contribution in [-0.2, 0) is 4.74 Å². The quantitative estimate of drug-likeness (QED) is 0.889. The van der Waals surface area contributed by atoms with Crippen molar-refractivity contribution >= 4 is 21.6 Å². The summed E-state index contributed by atoms with van der Waals surface area (Å²) < 4.78 is 18.9. The van der Waals surface area contributed by atoms with Crippen molar-refractivity contribution in [3.63, 3.8) is 0 Å². The Hall–Kier alpha value is -0.610. The summed E-state index contributed by atoms with van der Waals surface area (Å²) in [5.74, 6) is -0.261. The predicted octanol–water partition coefficient (Wildman–Crippen LogP) is 3.43. The molecule has 1 aromatic rings. The van der Waals surface area contributed by atoms with Crippen LogP contribution in [0.2, 0.25) is 0 Å². The van der Waals surface area contributed by atoms with Gasteiger partial charge in [-0.3, -0.25) is 0 Å². The van der Waals surface area contributed by atoms with Crippen molar-refractivity contribution in [2.45, 2.75) is 19.9 Å². The van der Waals surface area contributed by atoms with Crippen molar-refractivity contribution in [3.05, 3.63) is 28.5 Å². The van der Waals surface area contributed by atoms with Crippen LogP contribution in [-0.4, -0.2) is 19.3 Å². The number of rotatable bonds is 5. The molecule has 0 saturated carbocycles. The first-order chi connectivity index (χ1) is 7.13. The third-order valence-electron chi connectivity index (χ3n) is 1.90. The standard InChI is InChI=1S/C11H15BrFNO/c1-3-15-7-8(2)14-9-4-5-10(12)11(13)6-9/h4-6,8,14H,3,7H2,1-2H3. The zero-order chi connectivity index (χ0) is 11.3. The Labute approximate surface area is 98.0 Å². The second-order valence-corrected chi connectivity index (χ2v) is 4.19. The van der Waals surface area contributed by atoms with Crippen LogP contribution < -0.4 is 5.32 Å². The number of nitrogens with one attached hydrogen (secondary N) is 1. The van der Waals surface area contributed by atoms with E-state index in [0.717, 1.165) is 5.69 Å². The molecule has 0 heterocycles. The molecule has 0 radical (unpaired) electrons. The molecule has 1 N–H and O–H groups in total. The summed E-state index contributed by atoms with van der Waals surface area (Å²) >= 11 is 3.11. The zero-order valence-corrected chi connectivity index (χ0v) is 10.5. The number of halogens is 2. The maximum absolute atomic E-state index is 13.2. The average molecular weight is 276 g/mol. The van der Waals surface area contributed by atoms with Gasteiger partial charge < -0.3 is 10.1 Å². The summed E-state index contributed by atoms with van der Waals surface area (Å²) in [5.41, 5.74) is 0.767. The molecule has 0 aromatic heterocycles. The molecule has 0 aliphatic rings. The fraction of sp³-hybridized carbons (Fsp3) is 0.455. The molecule has 0 saturated heterocycles. The topological polar surface area (TPSA) is 21.3 Å². The molecule has 2 nitrogen and oxygen atoms in total. The maximum Gasteiger partial charge on any atom is 0.139 e. The van der Waals surface area contributed by atoms with E-state index in [0.29, 0.717) is 17.7 Å². The van der Waals surface area contributed by atoms with E-state index in [-0.39, 0.29) is 11.9 Å². The molecule has 0 fully saturated rings. The van der Waals surface area contributed by atoms with Crippen LogP contribution in [0.5, 0.6) is 0 Å². The van der Waals surface area contributed by atoms with E-state index in [2.05, 4.69) is 21.2 Å². The highest BCUT2D eigenvalue weighted by molar-refractivity contribution is 9.10. The number of benzene rings is 1. The molecular formula is C11H15BrFNO. The first-order valence-corrected chi connectivity index (χ1v) is 5.72. The molecule has 0 spiro atoms. The Morgan fingerprint density at radius 3 is 2.87 bits per heavy atom. The van der Waals surface area contributed by atoms with Crippen LogP contribution in [0.4, 0.5) is 10.1 Å². The Morgan fingerprint density at radius 2 is 2.27 bits per heavy atom. The average Bonchev–Trinajstić information content (AvgIpc) is 2.20. The Balaban J connectivity index is 2.53. The highest BCUT2D eigenvalue weighted by atomic mass is 79.9. The van der Waals surface area contributed by atoms with Crippen LogP contribution in [0, 0.1) is 5.82 Å². The third kappa shape index (κ3) is 4.18. The number of hydrogen-bond donors (Lipinski definition) is 1. The van der Waals surface area contributed by atoms with Gasteiger partial charge in [-0.05, 0) is 48.0 Å². The van der Waals surface area contributed by atoms with E-state index >= 15 is 0 Å². The minimum atomic E-state index is -0.261. The lowest BCUT2D eigenvalue weighted by atomic mass is 10.2. The highest BCUT2D eigenvalue weighted by Crippen LogP contribution is 2.19. The second kappa shape index (κ2) is 6.08. The molecule has 1 aromatic carbocycles. The largest absolute Gasteiger partial charge is 0.380 e. The summed E-state index contributed by atoms with van der Waals surface area (Å²) in [6.07, 6.45) is 0. The first-order valence-electron chi connectivity index (χ1n) is 4.92. The lowest BCUT2D eigenvalue weighted by molar-refractivity contribution is 0.141. The molecule has 1 unspecified atom stereocenters. The normalized spacial score (nSPS) is 12.5. The number of anilines is 1. The molecule has 4 heteroatoms. The predicted molar refractivity (Wildman–Crippen MR) is 63.7 cm³/mol. The Morgan fingerprint density at radius 1 is 1.53 bits per heavy atom. The molecule has 0 bridgehead atoms. The Kier molecular flexibility index (Phi) is 5.05. The van der Waals surface area contributed by atoms with Gasteiger partial charge >= 0.3 is 0 Å². The van der Waals surface area contributed by atoms with Gasteiger partial charge in [-0.1, -0.05) is 0 Å². The van der Waals surface area contributed by atoms with Crippen molar-refractivity contribution in [1.29, 1.82) is 0 Å².